The van der Waals surface area contributed by atoms with Crippen molar-refractivity contribution in [1.29, 1.82) is 0 Å². The van der Waals surface area contributed by atoms with Crippen molar-refractivity contribution in [2.24, 2.45) is 0 Å². The van der Waals surface area contributed by atoms with Crippen LogP contribution in [0.4, 0.5) is 17.5 Å². The molecular formula is C26H28N4O4. The van der Waals surface area contributed by atoms with Gasteiger partial charge in [-0.3, -0.25) is 0 Å². The molecule has 8 heteroatoms. The molecule has 0 aliphatic carbocycles. The lowest BCUT2D eigenvalue weighted by atomic mass is 10.0. The predicted octanol–water partition coefficient (Wildman–Crippen LogP) is 4.31. The van der Waals surface area contributed by atoms with Crippen LogP contribution in [0.15, 0.2) is 60.8 Å². The van der Waals surface area contributed by atoms with Crippen molar-refractivity contribution in [2.45, 2.75) is 6.92 Å². The van der Waals surface area contributed by atoms with E-state index in [0.29, 0.717) is 25.8 Å². The molecule has 34 heavy (non-hydrogen) atoms. The summed E-state index contributed by atoms with van der Waals surface area (Å²) in [4.78, 5) is 23.3. The Morgan fingerprint density at radius 2 is 2.00 bits per heavy atom. The number of carbonyl (C=O) groups excluding carboxylic acids is 1. The summed E-state index contributed by atoms with van der Waals surface area (Å²) in [5.74, 6) is 1.72. The van der Waals surface area contributed by atoms with E-state index in [1.807, 2.05) is 54.7 Å². The zero-order valence-corrected chi connectivity index (χ0v) is 19.4. The molecule has 3 aromatic rings. The number of ether oxygens (including phenoxy) is 3. The average Bonchev–Trinajstić information content (AvgIpc) is 2.88. The number of rotatable bonds is 8. The lowest BCUT2D eigenvalue weighted by Crippen LogP contribution is -2.37. The van der Waals surface area contributed by atoms with Crippen LogP contribution in [0, 0.1) is 0 Å². The number of benzene rings is 2. The molecule has 1 saturated heterocycles. The first-order valence-corrected chi connectivity index (χ1v) is 11.2. The van der Waals surface area contributed by atoms with Gasteiger partial charge in [0.2, 0.25) is 5.95 Å². The number of aromatic nitrogens is 2. The van der Waals surface area contributed by atoms with Gasteiger partial charge in [-0.25, -0.2) is 9.78 Å². The van der Waals surface area contributed by atoms with Crippen molar-refractivity contribution >= 4 is 29.5 Å². The Morgan fingerprint density at radius 3 is 2.79 bits per heavy atom. The van der Waals surface area contributed by atoms with Gasteiger partial charge in [0.05, 0.1) is 26.9 Å². The van der Waals surface area contributed by atoms with E-state index in [9.17, 15) is 4.79 Å². The highest BCUT2D eigenvalue weighted by molar-refractivity contribution is 5.87. The monoisotopic (exact) mass is 460 g/mol. The van der Waals surface area contributed by atoms with E-state index < -0.39 is 0 Å². The van der Waals surface area contributed by atoms with Crippen molar-refractivity contribution in [3.8, 4) is 16.9 Å². The first-order valence-electron chi connectivity index (χ1n) is 11.2. The highest BCUT2D eigenvalue weighted by Gasteiger charge is 2.19. The smallest absolute Gasteiger partial charge is 0.330 e. The largest absolute Gasteiger partial charge is 0.497 e. The van der Waals surface area contributed by atoms with Gasteiger partial charge >= 0.3 is 5.97 Å². The summed E-state index contributed by atoms with van der Waals surface area (Å²) < 4.78 is 15.8. The van der Waals surface area contributed by atoms with Crippen LogP contribution >= 0.6 is 0 Å². The number of nitrogens with one attached hydrogen (secondary N) is 1. The Kier molecular flexibility index (Phi) is 7.72. The predicted molar refractivity (Wildman–Crippen MR) is 132 cm³/mol. The lowest BCUT2D eigenvalue weighted by molar-refractivity contribution is -0.137. The number of methoxy groups -OCH3 is 1. The minimum Gasteiger partial charge on any atom is -0.497 e. The second-order valence-corrected chi connectivity index (χ2v) is 7.60. The van der Waals surface area contributed by atoms with E-state index in [1.54, 1.807) is 20.1 Å². The summed E-state index contributed by atoms with van der Waals surface area (Å²) in [7, 11) is 1.64. The van der Waals surface area contributed by atoms with Crippen molar-refractivity contribution in [1.82, 2.24) is 9.97 Å². The summed E-state index contributed by atoms with van der Waals surface area (Å²) in [6.45, 7) is 4.90. The zero-order chi connectivity index (χ0) is 23.8. The van der Waals surface area contributed by atoms with Gasteiger partial charge in [-0.2, -0.15) is 4.98 Å². The number of hydrogen-bond donors (Lipinski definition) is 1. The van der Waals surface area contributed by atoms with E-state index in [1.165, 1.54) is 6.08 Å². The molecular weight excluding hydrogens is 432 g/mol. The number of nitrogens with zero attached hydrogens (tertiary/aromatic N) is 3. The second-order valence-electron chi connectivity index (χ2n) is 7.60. The minimum atomic E-state index is -0.363. The van der Waals surface area contributed by atoms with Gasteiger partial charge in [0.25, 0.3) is 0 Å². The van der Waals surface area contributed by atoms with E-state index in [-0.39, 0.29) is 5.97 Å². The van der Waals surface area contributed by atoms with Crippen molar-refractivity contribution in [2.75, 3.05) is 50.2 Å². The third kappa shape index (κ3) is 5.90. The maximum absolute atomic E-state index is 11.7. The van der Waals surface area contributed by atoms with Gasteiger partial charge in [0, 0.05) is 42.7 Å². The van der Waals surface area contributed by atoms with Gasteiger partial charge in [-0.15, -0.1) is 0 Å². The summed E-state index contributed by atoms with van der Waals surface area (Å²) in [5.41, 5.74) is 3.59. The van der Waals surface area contributed by atoms with Crippen molar-refractivity contribution in [3.63, 3.8) is 0 Å². The zero-order valence-electron chi connectivity index (χ0n) is 19.4. The highest BCUT2D eigenvalue weighted by atomic mass is 16.5. The minimum absolute atomic E-state index is 0.347. The third-order valence-electron chi connectivity index (χ3n) is 5.30. The molecule has 1 aliphatic heterocycles. The van der Waals surface area contributed by atoms with Crippen LogP contribution in [0.5, 0.6) is 5.75 Å². The Bertz CT molecular complexity index is 1160. The van der Waals surface area contributed by atoms with Gasteiger partial charge < -0.3 is 24.4 Å². The molecule has 176 valence electrons. The number of carbonyl (C=O) groups is 1. The van der Waals surface area contributed by atoms with Crippen LogP contribution in [0.1, 0.15) is 12.5 Å². The van der Waals surface area contributed by atoms with Crippen LogP contribution < -0.4 is 15.0 Å². The normalized spacial score (nSPS) is 13.6. The van der Waals surface area contributed by atoms with Gasteiger partial charge in [-0.05, 0) is 42.3 Å². The number of hydrogen-bond acceptors (Lipinski definition) is 8. The SMILES string of the molecule is CCOC(=O)C=Cc1cccc(-c2cnc(Nc3cccc(OC)c3)nc2N2CCOCC2)c1. The molecule has 0 spiro atoms. The fraction of sp³-hybridized carbons (Fsp3) is 0.269. The maximum Gasteiger partial charge on any atom is 0.330 e. The highest BCUT2D eigenvalue weighted by Crippen LogP contribution is 2.32. The molecule has 1 aliphatic rings. The molecule has 8 nitrogen and oxygen atoms in total. The topological polar surface area (TPSA) is 85.8 Å². The molecule has 0 radical (unpaired) electrons. The molecule has 0 saturated carbocycles. The summed E-state index contributed by atoms with van der Waals surface area (Å²) in [5, 5.41) is 3.27. The van der Waals surface area contributed by atoms with E-state index >= 15 is 0 Å². The molecule has 1 aromatic heterocycles. The van der Waals surface area contributed by atoms with Crippen LogP contribution in [0.3, 0.4) is 0 Å². The van der Waals surface area contributed by atoms with Crippen LogP contribution in [-0.4, -0.2) is 56.0 Å². The van der Waals surface area contributed by atoms with Crippen molar-refractivity contribution in [3.05, 3.63) is 66.4 Å². The van der Waals surface area contributed by atoms with Crippen LogP contribution in [0.2, 0.25) is 0 Å². The molecule has 1 fully saturated rings. The van der Waals surface area contributed by atoms with Gasteiger partial charge in [0.1, 0.15) is 11.6 Å². The fourth-order valence-electron chi connectivity index (χ4n) is 3.65. The Hall–Kier alpha value is -3.91. The van der Waals surface area contributed by atoms with E-state index in [4.69, 9.17) is 19.2 Å². The lowest BCUT2D eigenvalue weighted by Gasteiger charge is -2.29. The fourth-order valence-corrected chi connectivity index (χ4v) is 3.65. The van der Waals surface area contributed by atoms with Gasteiger partial charge in [0.15, 0.2) is 0 Å². The number of anilines is 3. The Balaban J connectivity index is 1.66. The molecule has 0 atom stereocenters. The van der Waals surface area contributed by atoms with Crippen LogP contribution in [0.25, 0.3) is 17.2 Å². The number of esters is 1. The quantitative estimate of drug-likeness (QED) is 0.393. The van der Waals surface area contributed by atoms with E-state index in [0.717, 1.165) is 47.0 Å². The molecule has 2 heterocycles. The molecule has 1 N–H and O–H groups in total. The summed E-state index contributed by atoms with van der Waals surface area (Å²) >= 11 is 0. The van der Waals surface area contributed by atoms with Crippen LogP contribution in [-0.2, 0) is 14.3 Å². The Labute approximate surface area is 199 Å². The molecule has 0 amide bonds. The Morgan fingerprint density at radius 1 is 1.18 bits per heavy atom. The number of morpholine rings is 1. The van der Waals surface area contributed by atoms with Gasteiger partial charge in [-0.1, -0.05) is 24.3 Å². The van der Waals surface area contributed by atoms with E-state index in [2.05, 4.69) is 15.2 Å². The molecule has 0 unspecified atom stereocenters. The molecule has 4 rings (SSSR count). The standard InChI is InChI=1S/C26H28N4O4/c1-3-34-24(31)11-10-19-6-4-7-20(16-19)23-18-27-26(28-21-8-5-9-22(17-21)32-2)29-25(23)30-12-14-33-15-13-30/h4-11,16-18H,3,12-15H2,1-2H3,(H,27,28,29). The maximum atomic E-state index is 11.7. The molecule has 0 bridgehead atoms. The summed E-state index contributed by atoms with van der Waals surface area (Å²) in [6, 6.07) is 15.5. The third-order valence-corrected chi connectivity index (χ3v) is 5.30. The average molecular weight is 461 g/mol. The first kappa shape index (κ1) is 23.3. The summed E-state index contributed by atoms with van der Waals surface area (Å²) in [6.07, 6.45) is 5.01. The first-order chi connectivity index (χ1) is 16.7. The van der Waals surface area contributed by atoms with Crippen molar-refractivity contribution < 1.29 is 19.0 Å². The second kappa shape index (κ2) is 11.3. The molecule has 2 aromatic carbocycles.